The van der Waals surface area contributed by atoms with Gasteiger partial charge in [-0.2, -0.15) is 0 Å². The number of carbonyl (C=O) groups is 1. The minimum atomic E-state index is -0.295. The number of benzene rings is 2. The molecule has 1 atom stereocenters. The summed E-state index contributed by atoms with van der Waals surface area (Å²) in [6, 6.07) is 16.2. The minimum Gasteiger partial charge on any atom is -0.450 e. The molecule has 0 bridgehead atoms. The Morgan fingerprint density at radius 3 is 2.16 bits per heavy atom. The first-order valence-electron chi connectivity index (χ1n) is 8.27. The standard InChI is InChI=1S/C20H23BrClNO2/c1-4-25-19(24)23(3)14-13-20(2,15-5-9-17(21)10-6-15)16-7-11-18(22)12-8-16/h5-12H,4,13-14H2,1-3H3. The lowest BCUT2D eigenvalue weighted by Crippen LogP contribution is -2.34. The molecule has 0 saturated carbocycles. The molecule has 1 amide bonds. The van der Waals surface area contributed by atoms with Crippen molar-refractivity contribution in [3.8, 4) is 0 Å². The van der Waals surface area contributed by atoms with Gasteiger partial charge < -0.3 is 9.64 Å². The summed E-state index contributed by atoms with van der Waals surface area (Å²) < 4.78 is 6.12. The second-order valence-corrected chi connectivity index (χ2v) is 7.57. The van der Waals surface area contributed by atoms with Gasteiger partial charge in [-0.3, -0.25) is 0 Å². The van der Waals surface area contributed by atoms with E-state index in [0.717, 1.165) is 16.5 Å². The lowest BCUT2D eigenvalue weighted by Gasteiger charge is -2.33. The molecule has 0 aliphatic rings. The van der Waals surface area contributed by atoms with Crippen LogP contribution in [0.1, 0.15) is 31.4 Å². The summed E-state index contributed by atoms with van der Waals surface area (Å²) in [6.07, 6.45) is 0.475. The second kappa shape index (κ2) is 8.72. The fourth-order valence-corrected chi connectivity index (χ4v) is 3.20. The van der Waals surface area contributed by atoms with Crippen molar-refractivity contribution in [2.24, 2.45) is 0 Å². The Morgan fingerprint density at radius 2 is 1.64 bits per heavy atom. The molecule has 134 valence electrons. The topological polar surface area (TPSA) is 29.5 Å². The molecule has 0 aliphatic carbocycles. The van der Waals surface area contributed by atoms with Crippen LogP contribution in [0, 0.1) is 0 Å². The second-order valence-electron chi connectivity index (χ2n) is 6.22. The van der Waals surface area contributed by atoms with Crippen molar-refractivity contribution < 1.29 is 9.53 Å². The van der Waals surface area contributed by atoms with Gasteiger partial charge in [-0.1, -0.05) is 58.7 Å². The number of nitrogens with zero attached hydrogens (tertiary/aromatic N) is 1. The Balaban J connectivity index is 2.30. The van der Waals surface area contributed by atoms with Crippen molar-refractivity contribution >= 4 is 33.6 Å². The Hall–Kier alpha value is -1.52. The lowest BCUT2D eigenvalue weighted by atomic mass is 9.73. The van der Waals surface area contributed by atoms with E-state index < -0.39 is 0 Å². The van der Waals surface area contributed by atoms with Gasteiger partial charge in [0.05, 0.1) is 6.61 Å². The average Bonchev–Trinajstić information content (AvgIpc) is 2.60. The van der Waals surface area contributed by atoms with Gasteiger partial charge in [-0.15, -0.1) is 0 Å². The first-order chi connectivity index (χ1) is 11.9. The summed E-state index contributed by atoms with van der Waals surface area (Å²) in [5.41, 5.74) is 2.11. The highest BCUT2D eigenvalue weighted by Gasteiger charge is 2.29. The van der Waals surface area contributed by atoms with Crippen LogP contribution in [0.2, 0.25) is 5.02 Å². The smallest absolute Gasteiger partial charge is 0.409 e. The fraction of sp³-hybridized carbons (Fsp3) is 0.350. The molecule has 0 spiro atoms. The summed E-state index contributed by atoms with van der Waals surface area (Å²) >= 11 is 9.55. The van der Waals surface area contributed by atoms with Crippen molar-refractivity contribution in [1.82, 2.24) is 4.90 Å². The predicted molar refractivity (Wildman–Crippen MR) is 106 cm³/mol. The van der Waals surface area contributed by atoms with Crippen LogP contribution in [-0.4, -0.2) is 31.2 Å². The number of hydrogen-bond acceptors (Lipinski definition) is 2. The van der Waals surface area contributed by atoms with E-state index in [4.69, 9.17) is 16.3 Å². The molecule has 0 saturated heterocycles. The molecular formula is C20H23BrClNO2. The molecule has 3 nitrogen and oxygen atoms in total. The monoisotopic (exact) mass is 423 g/mol. The number of amides is 1. The van der Waals surface area contributed by atoms with Crippen molar-refractivity contribution in [2.75, 3.05) is 20.2 Å². The third-order valence-corrected chi connectivity index (χ3v) is 5.27. The predicted octanol–water partition coefficient (Wildman–Crippen LogP) is 5.89. The molecular weight excluding hydrogens is 402 g/mol. The maximum Gasteiger partial charge on any atom is 0.409 e. The van der Waals surface area contributed by atoms with Gasteiger partial charge >= 0.3 is 6.09 Å². The largest absolute Gasteiger partial charge is 0.450 e. The zero-order valence-electron chi connectivity index (χ0n) is 14.8. The van der Waals surface area contributed by atoms with E-state index in [9.17, 15) is 4.79 Å². The van der Waals surface area contributed by atoms with E-state index in [0.29, 0.717) is 18.2 Å². The van der Waals surface area contributed by atoms with Crippen LogP contribution in [0.3, 0.4) is 0 Å². The number of carbonyl (C=O) groups excluding carboxylic acids is 1. The SMILES string of the molecule is CCOC(=O)N(C)CCC(C)(c1ccc(Cl)cc1)c1ccc(Br)cc1. The van der Waals surface area contributed by atoms with E-state index in [1.165, 1.54) is 5.56 Å². The third-order valence-electron chi connectivity index (χ3n) is 4.49. The molecule has 25 heavy (non-hydrogen) atoms. The molecule has 0 N–H and O–H groups in total. The molecule has 2 rings (SSSR count). The summed E-state index contributed by atoms with van der Waals surface area (Å²) in [4.78, 5) is 13.5. The minimum absolute atomic E-state index is 0.244. The number of ether oxygens (including phenoxy) is 1. The van der Waals surface area contributed by atoms with Gasteiger partial charge in [0.15, 0.2) is 0 Å². The zero-order valence-corrected chi connectivity index (χ0v) is 17.1. The van der Waals surface area contributed by atoms with Gasteiger partial charge in [0.25, 0.3) is 0 Å². The van der Waals surface area contributed by atoms with Crippen LogP contribution in [0.15, 0.2) is 53.0 Å². The van der Waals surface area contributed by atoms with Crippen LogP contribution < -0.4 is 0 Å². The maximum atomic E-state index is 11.9. The number of rotatable bonds is 6. The van der Waals surface area contributed by atoms with E-state index in [1.807, 2.05) is 31.2 Å². The van der Waals surface area contributed by atoms with Crippen LogP contribution in [0.25, 0.3) is 0 Å². The highest BCUT2D eigenvalue weighted by molar-refractivity contribution is 9.10. The molecule has 0 aromatic heterocycles. The Kier molecular flexibility index (Phi) is 6.91. The van der Waals surface area contributed by atoms with Crippen LogP contribution in [-0.2, 0) is 10.2 Å². The summed E-state index contributed by atoms with van der Waals surface area (Å²) in [7, 11) is 1.77. The van der Waals surface area contributed by atoms with E-state index >= 15 is 0 Å². The van der Waals surface area contributed by atoms with Gasteiger partial charge in [0, 0.05) is 28.5 Å². The van der Waals surface area contributed by atoms with E-state index in [-0.39, 0.29) is 11.5 Å². The van der Waals surface area contributed by atoms with Gasteiger partial charge in [-0.25, -0.2) is 4.79 Å². The molecule has 0 aliphatic heterocycles. The summed E-state index contributed by atoms with van der Waals surface area (Å²) in [6.45, 7) is 4.97. The van der Waals surface area contributed by atoms with Crippen molar-refractivity contribution in [3.05, 3.63) is 69.2 Å². The zero-order chi connectivity index (χ0) is 18.4. The van der Waals surface area contributed by atoms with Crippen molar-refractivity contribution in [1.29, 1.82) is 0 Å². The Labute approximate surface area is 163 Å². The lowest BCUT2D eigenvalue weighted by molar-refractivity contribution is 0.114. The molecule has 2 aromatic carbocycles. The normalized spacial score (nSPS) is 13.2. The van der Waals surface area contributed by atoms with E-state index in [1.54, 1.807) is 11.9 Å². The number of hydrogen-bond donors (Lipinski definition) is 0. The van der Waals surface area contributed by atoms with Gasteiger partial charge in [-0.05, 0) is 48.7 Å². The van der Waals surface area contributed by atoms with Crippen LogP contribution >= 0.6 is 27.5 Å². The first kappa shape index (κ1) is 19.8. The quantitative estimate of drug-likeness (QED) is 0.579. The Morgan fingerprint density at radius 1 is 1.12 bits per heavy atom. The molecule has 0 radical (unpaired) electrons. The third kappa shape index (κ3) is 4.99. The molecule has 2 aromatic rings. The van der Waals surface area contributed by atoms with Crippen molar-refractivity contribution in [2.45, 2.75) is 25.7 Å². The van der Waals surface area contributed by atoms with Crippen molar-refractivity contribution in [3.63, 3.8) is 0 Å². The van der Waals surface area contributed by atoms with Gasteiger partial charge in [0.1, 0.15) is 0 Å². The first-order valence-corrected chi connectivity index (χ1v) is 9.44. The summed E-state index contributed by atoms with van der Waals surface area (Å²) in [5.74, 6) is 0. The van der Waals surface area contributed by atoms with Crippen LogP contribution in [0.4, 0.5) is 4.79 Å². The van der Waals surface area contributed by atoms with E-state index in [2.05, 4.69) is 47.1 Å². The fourth-order valence-electron chi connectivity index (χ4n) is 2.81. The van der Waals surface area contributed by atoms with Crippen LogP contribution in [0.5, 0.6) is 0 Å². The average molecular weight is 425 g/mol. The number of halogens is 2. The maximum absolute atomic E-state index is 11.9. The molecule has 0 heterocycles. The molecule has 1 unspecified atom stereocenters. The van der Waals surface area contributed by atoms with Gasteiger partial charge in [0.2, 0.25) is 0 Å². The molecule has 0 fully saturated rings. The summed E-state index contributed by atoms with van der Waals surface area (Å²) in [5, 5.41) is 0.713. The highest BCUT2D eigenvalue weighted by Crippen LogP contribution is 2.36. The molecule has 5 heteroatoms. The Bertz CT molecular complexity index is 655. The highest BCUT2D eigenvalue weighted by atomic mass is 79.9.